The van der Waals surface area contributed by atoms with E-state index in [2.05, 4.69) is 10.0 Å². The summed E-state index contributed by atoms with van der Waals surface area (Å²) >= 11 is 18.0. The minimum atomic E-state index is -4.32. The Labute approximate surface area is 272 Å². The Morgan fingerprint density at radius 3 is 1.98 bits per heavy atom. The molecule has 16 heteroatoms. The maximum absolute atomic E-state index is 14.1. The number of sulfonamides is 1. The van der Waals surface area contributed by atoms with Crippen LogP contribution in [-0.2, 0) is 29.1 Å². The van der Waals surface area contributed by atoms with Gasteiger partial charge in [0.15, 0.2) is 6.29 Å². The molecular formula is C28H37Cl3N4O8S. The van der Waals surface area contributed by atoms with E-state index in [0.717, 1.165) is 4.90 Å². The second-order valence-corrected chi connectivity index (χ2v) is 12.7. The predicted octanol–water partition coefficient (Wildman–Crippen LogP) is 4.62. The lowest BCUT2D eigenvalue weighted by molar-refractivity contribution is -0.162. The number of halogens is 3. The van der Waals surface area contributed by atoms with Gasteiger partial charge in [-0.05, 0) is 77.1 Å². The van der Waals surface area contributed by atoms with Crippen molar-refractivity contribution in [2.45, 2.75) is 63.9 Å². The van der Waals surface area contributed by atoms with Gasteiger partial charge in [-0.25, -0.2) is 17.9 Å². The van der Waals surface area contributed by atoms with Gasteiger partial charge >= 0.3 is 6.09 Å². The second kappa shape index (κ2) is 17.2. The summed E-state index contributed by atoms with van der Waals surface area (Å²) < 4.78 is 39.5. The molecule has 2 unspecified atom stereocenters. The average Bonchev–Trinajstić information content (AvgIpc) is 2.94. The van der Waals surface area contributed by atoms with Crippen molar-refractivity contribution in [3.8, 4) is 0 Å². The highest BCUT2D eigenvalue weighted by molar-refractivity contribution is 7.89. The lowest BCUT2D eigenvalue weighted by Crippen LogP contribution is -2.59. The quantitative estimate of drug-likeness (QED) is 0.215. The van der Waals surface area contributed by atoms with Crippen molar-refractivity contribution >= 4 is 68.4 Å². The minimum Gasteiger partial charge on any atom is -0.465 e. The van der Waals surface area contributed by atoms with Crippen LogP contribution in [0.4, 0.5) is 10.5 Å². The van der Waals surface area contributed by atoms with E-state index in [1.165, 1.54) is 54.3 Å². The third kappa shape index (κ3) is 10.5. The normalized spacial score (nSPS) is 13.0. The van der Waals surface area contributed by atoms with Crippen molar-refractivity contribution in [3.63, 3.8) is 0 Å². The van der Waals surface area contributed by atoms with E-state index in [4.69, 9.17) is 44.3 Å². The van der Waals surface area contributed by atoms with Gasteiger partial charge < -0.3 is 24.8 Å². The molecule has 12 nitrogen and oxygen atoms in total. The SMILES string of the molecule is CCOC(CN(C(=O)C(C)N(C(=O)C(CNS(=O)(=O)c1ccc(Cl)cc1Cl)NC(=O)O)c1ccc(Cl)cc1)C(C)C)OCC. The summed E-state index contributed by atoms with van der Waals surface area (Å²) in [5.74, 6) is -1.40. The lowest BCUT2D eigenvalue weighted by Gasteiger charge is -2.37. The van der Waals surface area contributed by atoms with Crippen LogP contribution in [0.2, 0.25) is 15.1 Å². The van der Waals surface area contributed by atoms with Gasteiger partial charge in [-0.2, -0.15) is 0 Å². The number of carboxylic acid groups (broad SMARTS) is 1. The number of rotatable bonds is 16. The van der Waals surface area contributed by atoms with Crippen molar-refractivity contribution in [2.24, 2.45) is 0 Å². The van der Waals surface area contributed by atoms with Crippen LogP contribution in [0.15, 0.2) is 47.4 Å². The van der Waals surface area contributed by atoms with E-state index in [1.54, 1.807) is 27.7 Å². The fourth-order valence-corrected chi connectivity index (χ4v) is 6.16. The fourth-order valence-electron chi connectivity index (χ4n) is 4.22. The molecule has 2 aromatic carbocycles. The molecular weight excluding hydrogens is 659 g/mol. The molecule has 0 fully saturated rings. The van der Waals surface area contributed by atoms with Crippen LogP contribution in [0.1, 0.15) is 34.6 Å². The Morgan fingerprint density at radius 2 is 1.48 bits per heavy atom. The smallest absolute Gasteiger partial charge is 0.405 e. The third-order valence-electron chi connectivity index (χ3n) is 6.30. The minimum absolute atomic E-state index is 0.0592. The van der Waals surface area contributed by atoms with Crippen molar-refractivity contribution < 1.29 is 37.4 Å². The first-order valence-electron chi connectivity index (χ1n) is 13.7. The highest BCUT2D eigenvalue weighted by Gasteiger charge is 2.37. The van der Waals surface area contributed by atoms with Crippen LogP contribution in [0, 0.1) is 0 Å². The topological polar surface area (TPSA) is 155 Å². The average molecular weight is 696 g/mol. The molecule has 0 aromatic heterocycles. The summed E-state index contributed by atoms with van der Waals surface area (Å²) in [6, 6.07) is 6.52. The Balaban J connectivity index is 2.49. The lowest BCUT2D eigenvalue weighted by atomic mass is 10.1. The summed E-state index contributed by atoms with van der Waals surface area (Å²) in [6.45, 7) is 8.69. The highest BCUT2D eigenvalue weighted by Crippen LogP contribution is 2.26. The number of anilines is 1. The first-order valence-corrected chi connectivity index (χ1v) is 16.3. The van der Waals surface area contributed by atoms with Gasteiger partial charge in [0.2, 0.25) is 15.9 Å². The third-order valence-corrected chi connectivity index (χ3v) is 8.69. The summed E-state index contributed by atoms with van der Waals surface area (Å²) in [6.07, 6.45) is -2.32. The number of carbonyl (C=O) groups excluding carboxylic acids is 2. The zero-order chi connectivity index (χ0) is 33.2. The van der Waals surface area contributed by atoms with E-state index in [9.17, 15) is 27.9 Å². The predicted molar refractivity (Wildman–Crippen MR) is 169 cm³/mol. The van der Waals surface area contributed by atoms with E-state index in [0.29, 0.717) is 18.2 Å². The monoisotopic (exact) mass is 694 g/mol. The van der Waals surface area contributed by atoms with Crippen LogP contribution in [-0.4, -0.2) is 87.1 Å². The van der Waals surface area contributed by atoms with Gasteiger partial charge in [-0.1, -0.05) is 34.8 Å². The van der Waals surface area contributed by atoms with Gasteiger partial charge in [-0.15, -0.1) is 0 Å². The van der Waals surface area contributed by atoms with Crippen LogP contribution < -0.4 is 14.9 Å². The highest BCUT2D eigenvalue weighted by atomic mass is 35.5. The van der Waals surface area contributed by atoms with Crippen molar-refractivity contribution in [2.75, 3.05) is 31.2 Å². The summed E-state index contributed by atoms with van der Waals surface area (Å²) in [5, 5.41) is 12.0. The molecule has 0 spiro atoms. The van der Waals surface area contributed by atoms with Crippen molar-refractivity contribution in [1.82, 2.24) is 14.9 Å². The molecule has 3 N–H and O–H groups in total. The second-order valence-electron chi connectivity index (χ2n) is 9.71. The van der Waals surface area contributed by atoms with E-state index < -0.39 is 52.8 Å². The van der Waals surface area contributed by atoms with Crippen LogP contribution >= 0.6 is 34.8 Å². The van der Waals surface area contributed by atoms with Crippen LogP contribution in [0.3, 0.4) is 0 Å². The molecule has 3 amide bonds. The van der Waals surface area contributed by atoms with Crippen LogP contribution in [0.25, 0.3) is 0 Å². The number of ether oxygens (including phenoxy) is 2. The van der Waals surface area contributed by atoms with Gasteiger partial charge in [0.05, 0.1) is 11.6 Å². The maximum atomic E-state index is 14.1. The number of nitrogens with one attached hydrogen (secondary N) is 2. The zero-order valence-electron chi connectivity index (χ0n) is 24.9. The van der Waals surface area contributed by atoms with Crippen LogP contribution in [0.5, 0.6) is 0 Å². The molecule has 0 aliphatic heterocycles. The molecule has 2 rings (SSSR count). The molecule has 2 atom stereocenters. The first-order chi connectivity index (χ1) is 20.6. The molecule has 244 valence electrons. The molecule has 0 bridgehead atoms. The first kappa shape index (κ1) is 37.5. The van der Waals surface area contributed by atoms with Crippen molar-refractivity contribution in [3.05, 3.63) is 57.5 Å². The summed E-state index contributed by atoms with van der Waals surface area (Å²) in [7, 11) is -4.32. The molecule has 0 aliphatic rings. The number of amides is 3. The number of nitrogens with zero attached hydrogens (tertiary/aromatic N) is 2. The molecule has 2 aromatic rings. The van der Waals surface area contributed by atoms with Gasteiger partial charge in [0, 0.05) is 41.5 Å². The van der Waals surface area contributed by atoms with E-state index in [1.807, 2.05) is 0 Å². The molecule has 0 heterocycles. The van der Waals surface area contributed by atoms with E-state index in [-0.39, 0.29) is 33.2 Å². The van der Waals surface area contributed by atoms with Gasteiger partial charge in [0.25, 0.3) is 5.91 Å². The molecule has 44 heavy (non-hydrogen) atoms. The largest absolute Gasteiger partial charge is 0.465 e. The number of hydrogen-bond acceptors (Lipinski definition) is 7. The van der Waals surface area contributed by atoms with Gasteiger partial charge in [-0.3, -0.25) is 14.5 Å². The Kier molecular flexibility index (Phi) is 14.6. The number of hydrogen-bond donors (Lipinski definition) is 3. The number of benzene rings is 2. The molecule has 0 saturated heterocycles. The zero-order valence-corrected chi connectivity index (χ0v) is 28.0. The Hall–Kier alpha value is -2.65. The van der Waals surface area contributed by atoms with E-state index >= 15 is 0 Å². The Bertz CT molecular complexity index is 1390. The summed E-state index contributed by atoms with van der Waals surface area (Å²) in [5.41, 5.74) is 0.218. The Morgan fingerprint density at radius 1 is 0.909 bits per heavy atom. The van der Waals surface area contributed by atoms with Crippen molar-refractivity contribution in [1.29, 1.82) is 0 Å². The molecule has 0 radical (unpaired) electrons. The molecule has 0 saturated carbocycles. The fraction of sp³-hybridized carbons (Fsp3) is 0.464. The van der Waals surface area contributed by atoms with Gasteiger partial charge in [0.1, 0.15) is 17.0 Å². The standard InChI is InChI=1S/C28H37Cl3N4O8S/c1-6-42-25(43-7-2)16-34(17(3)4)26(36)18(5)35(21-11-8-19(29)9-12-21)27(37)23(33-28(38)39)15-32-44(40,41)24-13-10-20(30)14-22(24)31/h8-14,17-18,23,25,32-33H,6-7,15-16H2,1-5H3,(H,38,39). The molecule has 0 aliphatic carbocycles. The maximum Gasteiger partial charge on any atom is 0.405 e. The summed E-state index contributed by atoms with van der Waals surface area (Å²) in [4.78, 5) is 42.0. The number of carbonyl (C=O) groups is 3.